The summed E-state index contributed by atoms with van der Waals surface area (Å²) in [6.07, 6.45) is 0. The predicted octanol–water partition coefficient (Wildman–Crippen LogP) is 2.67. The van der Waals surface area contributed by atoms with Crippen LogP contribution in [0, 0.1) is 12.7 Å². The number of aromatic nitrogens is 2. The first kappa shape index (κ1) is 11.6. The van der Waals surface area contributed by atoms with Crippen LogP contribution in [0.15, 0.2) is 24.3 Å². The normalized spacial score (nSPS) is 10.5. The summed E-state index contributed by atoms with van der Waals surface area (Å²) >= 11 is 5.56. The van der Waals surface area contributed by atoms with E-state index in [0.717, 1.165) is 0 Å². The van der Waals surface area contributed by atoms with Gasteiger partial charge in [0.1, 0.15) is 5.82 Å². The fourth-order valence-corrected chi connectivity index (χ4v) is 1.57. The topological polar surface area (TPSA) is 55.1 Å². The van der Waals surface area contributed by atoms with Crippen molar-refractivity contribution in [3.05, 3.63) is 46.5 Å². The second kappa shape index (κ2) is 4.18. The Morgan fingerprint density at radius 2 is 2.18 bits per heavy atom. The lowest BCUT2D eigenvalue weighted by atomic mass is 10.3. The minimum absolute atomic E-state index is 0.0111. The fraction of sp³-hybridized carbons (Fsp3) is 0.0909. The Labute approximate surface area is 101 Å². The summed E-state index contributed by atoms with van der Waals surface area (Å²) in [4.78, 5) is 10.7. The SMILES string of the molecule is Cc1cc(C(=O)O)nn1-c1ccc(Cl)c(F)c1. The average molecular weight is 255 g/mol. The van der Waals surface area contributed by atoms with Crippen LogP contribution in [-0.4, -0.2) is 20.9 Å². The smallest absolute Gasteiger partial charge is 0.356 e. The van der Waals surface area contributed by atoms with E-state index in [-0.39, 0.29) is 10.7 Å². The molecule has 0 saturated heterocycles. The summed E-state index contributed by atoms with van der Waals surface area (Å²) < 4.78 is 14.6. The van der Waals surface area contributed by atoms with Crippen LogP contribution >= 0.6 is 11.6 Å². The molecule has 1 N–H and O–H groups in total. The maximum Gasteiger partial charge on any atom is 0.356 e. The summed E-state index contributed by atoms with van der Waals surface area (Å²) in [6, 6.07) is 5.58. The zero-order valence-corrected chi connectivity index (χ0v) is 9.57. The van der Waals surface area contributed by atoms with E-state index in [4.69, 9.17) is 16.7 Å². The molecule has 4 nitrogen and oxygen atoms in total. The van der Waals surface area contributed by atoms with Crippen molar-refractivity contribution in [2.24, 2.45) is 0 Å². The third kappa shape index (κ3) is 2.14. The van der Waals surface area contributed by atoms with E-state index < -0.39 is 11.8 Å². The Bertz CT molecular complexity index is 595. The molecule has 0 radical (unpaired) electrons. The van der Waals surface area contributed by atoms with Gasteiger partial charge in [0, 0.05) is 11.8 Å². The number of aryl methyl sites for hydroxylation is 1. The second-order valence-electron chi connectivity index (χ2n) is 3.49. The monoisotopic (exact) mass is 254 g/mol. The van der Waals surface area contributed by atoms with Crippen molar-refractivity contribution in [3.8, 4) is 5.69 Å². The third-order valence-corrected chi connectivity index (χ3v) is 2.56. The van der Waals surface area contributed by atoms with Crippen molar-refractivity contribution in [2.45, 2.75) is 6.92 Å². The highest BCUT2D eigenvalue weighted by atomic mass is 35.5. The number of hydrogen-bond donors (Lipinski definition) is 1. The van der Waals surface area contributed by atoms with Crippen LogP contribution in [0.2, 0.25) is 5.02 Å². The number of halogens is 2. The Morgan fingerprint density at radius 3 is 2.71 bits per heavy atom. The van der Waals surface area contributed by atoms with Gasteiger partial charge in [0.25, 0.3) is 0 Å². The number of hydrogen-bond acceptors (Lipinski definition) is 2. The minimum atomic E-state index is -1.12. The molecule has 1 aromatic carbocycles. The van der Waals surface area contributed by atoms with Gasteiger partial charge < -0.3 is 5.11 Å². The van der Waals surface area contributed by atoms with Crippen LogP contribution in [-0.2, 0) is 0 Å². The van der Waals surface area contributed by atoms with Crippen molar-refractivity contribution >= 4 is 17.6 Å². The molecule has 1 aromatic heterocycles. The van der Waals surface area contributed by atoms with Gasteiger partial charge in [-0.05, 0) is 25.1 Å². The van der Waals surface area contributed by atoms with Crippen LogP contribution in [0.5, 0.6) is 0 Å². The molecule has 2 aromatic rings. The van der Waals surface area contributed by atoms with E-state index in [1.807, 2.05) is 0 Å². The summed E-state index contributed by atoms with van der Waals surface area (Å²) in [7, 11) is 0. The van der Waals surface area contributed by atoms with Gasteiger partial charge in [0.15, 0.2) is 5.69 Å². The molecule has 0 amide bonds. The summed E-state index contributed by atoms with van der Waals surface area (Å²) in [5, 5.41) is 12.7. The number of aromatic carboxylic acids is 1. The molecule has 88 valence electrons. The number of carbonyl (C=O) groups is 1. The number of carboxylic acid groups (broad SMARTS) is 1. The van der Waals surface area contributed by atoms with Gasteiger partial charge in [0.05, 0.1) is 10.7 Å². The molecule has 0 spiro atoms. The standard InChI is InChI=1S/C11H8ClFN2O2/c1-6-4-10(11(16)17)14-15(6)7-2-3-8(12)9(13)5-7/h2-5H,1H3,(H,16,17). The lowest BCUT2D eigenvalue weighted by molar-refractivity contribution is 0.0690. The summed E-state index contributed by atoms with van der Waals surface area (Å²) in [5.41, 5.74) is 0.943. The van der Waals surface area contributed by atoms with E-state index >= 15 is 0 Å². The van der Waals surface area contributed by atoms with Gasteiger partial charge in [-0.2, -0.15) is 5.10 Å². The molecule has 17 heavy (non-hydrogen) atoms. The zero-order valence-electron chi connectivity index (χ0n) is 8.82. The van der Waals surface area contributed by atoms with Crippen molar-refractivity contribution in [2.75, 3.05) is 0 Å². The maximum atomic E-state index is 13.3. The molecule has 6 heteroatoms. The first-order chi connectivity index (χ1) is 7.99. The van der Waals surface area contributed by atoms with E-state index in [9.17, 15) is 9.18 Å². The lowest BCUT2D eigenvalue weighted by Crippen LogP contribution is -2.02. The zero-order chi connectivity index (χ0) is 12.6. The molecule has 0 aliphatic rings. The van der Waals surface area contributed by atoms with Crippen LogP contribution in [0.4, 0.5) is 4.39 Å². The predicted molar refractivity (Wildman–Crippen MR) is 60.2 cm³/mol. The Hall–Kier alpha value is -1.88. The highest BCUT2D eigenvalue weighted by Gasteiger charge is 2.12. The van der Waals surface area contributed by atoms with E-state index in [0.29, 0.717) is 11.4 Å². The number of carboxylic acids is 1. The average Bonchev–Trinajstić information content (AvgIpc) is 2.65. The second-order valence-corrected chi connectivity index (χ2v) is 3.89. The van der Waals surface area contributed by atoms with Gasteiger partial charge in [-0.3, -0.25) is 0 Å². The molecule has 0 saturated carbocycles. The molecule has 2 rings (SSSR count). The van der Waals surface area contributed by atoms with E-state index in [1.165, 1.54) is 22.9 Å². The first-order valence-electron chi connectivity index (χ1n) is 4.74. The quantitative estimate of drug-likeness (QED) is 0.896. The molecule has 0 atom stereocenters. The van der Waals surface area contributed by atoms with Crippen LogP contribution < -0.4 is 0 Å². The van der Waals surface area contributed by atoms with E-state index in [1.54, 1.807) is 13.0 Å². The van der Waals surface area contributed by atoms with Crippen LogP contribution in [0.1, 0.15) is 16.2 Å². The molecule has 0 unspecified atom stereocenters. The molecular weight excluding hydrogens is 247 g/mol. The van der Waals surface area contributed by atoms with Crippen molar-refractivity contribution in [1.29, 1.82) is 0 Å². The summed E-state index contributed by atoms with van der Waals surface area (Å²) in [5.74, 6) is -1.70. The van der Waals surface area contributed by atoms with Crippen molar-refractivity contribution in [3.63, 3.8) is 0 Å². The highest BCUT2D eigenvalue weighted by Crippen LogP contribution is 2.19. The van der Waals surface area contributed by atoms with Crippen molar-refractivity contribution < 1.29 is 14.3 Å². The molecule has 0 aliphatic heterocycles. The summed E-state index contributed by atoms with van der Waals surface area (Å²) in [6.45, 7) is 1.69. The molecule has 0 aliphatic carbocycles. The first-order valence-corrected chi connectivity index (χ1v) is 5.12. The lowest BCUT2D eigenvalue weighted by Gasteiger charge is -2.04. The highest BCUT2D eigenvalue weighted by molar-refractivity contribution is 6.30. The Kier molecular flexibility index (Phi) is 2.85. The fourth-order valence-electron chi connectivity index (χ4n) is 1.46. The molecular formula is C11H8ClFN2O2. The van der Waals surface area contributed by atoms with Gasteiger partial charge in [-0.25, -0.2) is 13.9 Å². The molecule has 0 fully saturated rings. The van der Waals surface area contributed by atoms with Gasteiger partial charge in [-0.1, -0.05) is 11.6 Å². The Balaban J connectivity index is 2.52. The molecule has 0 bridgehead atoms. The van der Waals surface area contributed by atoms with Crippen LogP contribution in [0.25, 0.3) is 5.69 Å². The maximum absolute atomic E-state index is 13.3. The number of rotatable bonds is 2. The third-order valence-electron chi connectivity index (χ3n) is 2.25. The minimum Gasteiger partial charge on any atom is -0.476 e. The van der Waals surface area contributed by atoms with Crippen molar-refractivity contribution in [1.82, 2.24) is 9.78 Å². The van der Waals surface area contributed by atoms with Crippen LogP contribution in [0.3, 0.4) is 0 Å². The number of benzene rings is 1. The van der Waals surface area contributed by atoms with Gasteiger partial charge in [0.2, 0.25) is 0 Å². The number of nitrogens with zero attached hydrogens (tertiary/aromatic N) is 2. The largest absolute Gasteiger partial charge is 0.476 e. The molecule has 1 heterocycles. The van der Waals surface area contributed by atoms with Gasteiger partial charge >= 0.3 is 5.97 Å². The van der Waals surface area contributed by atoms with Gasteiger partial charge in [-0.15, -0.1) is 0 Å². The Morgan fingerprint density at radius 1 is 1.47 bits per heavy atom. The van der Waals surface area contributed by atoms with E-state index in [2.05, 4.69) is 5.10 Å².